The molecule has 0 saturated heterocycles. The van der Waals surface area contributed by atoms with E-state index in [9.17, 15) is 4.57 Å². The minimum absolute atomic E-state index is 0.311. The zero-order chi connectivity index (χ0) is 12.2. The predicted octanol–water partition coefficient (Wildman–Crippen LogP) is 4.39. The van der Waals surface area contributed by atoms with E-state index in [2.05, 4.69) is 20.8 Å². The van der Waals surface area contributed by atoms with Gasteiger partial charge < -0.3 is 0 Å². The van der Waals surface area contributed by atoms with Crippen LogP contribution in [0.3, 0.4) is 0 Å². The molecule has 4 nitrogen and oxygen atoms in total. The molecule has 0 atom stereocenters. The number of nitrogens with one attached hydrogen (secondary N) is 2. The summed E-state index contributed by atoms with van der Waals surface area (Å²) in [5, 5.41) is 0. The Morgan fingerprint density at radius 2 is 1.53 bits per heavy atom. The Hall–Kier alpha value is -0.590. The average molecular weight is 232 g/mol. The van der Waals surface area contributed by atoms with Gasteiger partial charge in [0.2, 0.25) is 4.91 Å². The van der Waals surface area contributed by atoms with Crippen LogP contribution in [0, 0.1) is 16.5 Å². The monoisotopic (exact) mass is 232 g/mol. The van der Waals surface area contributed by atoms with Crippen molar-refractivity contribution in [3.05, 3.63) is 0 Å². The topological polar surface area (TPSA) is 78.9 Å². The Labute approximate surface area is 94.1 Å². The van der Waals surface area contributed by atoms with Crippen LogP contribution in [0.1, 0.15) is 52.9 Å². The van der Waals surface area contributed by atoms with Crippen molar-refractivity contribution in [2.45, 2.75) is 52.9 Å². The van der Waals surface area contributed by atoms with Crippen LogP contribution in [0.5, 0.6) is 0 Å². The maximum Gasteiger partial charge on any atom is 0.211 e. The van der Waals surface area contributed by atoms with Crippen molar-refractivity contribution in [3.8, 4) is 0 Å². The quantitative estimate of drug-likeness (QED) is 0.290. The number of nitrogens with zero attached hydrogens (tertiary/aromatic N) is 1. The summed E-state index contributed by atoms with van der Waals surface area (Å²) < 4.78 is 10.3. The van der Waals surface area contributed by atoms with E-state index in [1.54, 1.807) is 0 Å². The third kappa shape index (κ3) is 8.41. The molecule has 0 rings (SSSR count). The van der Waals surface area contributed by atoms with Crippen molar-refractivity contribution in [1.29, 1.82) is 11.1 Å². The van der Waals surface area contributed by atoms with Crippen molar-refractivity contribution < 1.29 is 4.57 Å². The predicted molar refractivity (Wildman–Crippen MR) is 62.6 cm³/mol. The summed E-state index contributed by atoms with van der Waals surface area (Å²) in [7, 11) is 0.311. The largest absolute Gasteiger partial charge is 0.275 e. The normalized spacial score (nSPS) is 10.3. The van der Waals surface area contributed by atoms with Gasteiger partial charge >= 0.3 is 0 Å². The molecule has 0 aliphatic heterocycles. The molecule has 0 aromatic rings. The molecule has 0 saturated carbocycles. The lowest BCUT2D eigenvalue weighted by Crippen LogP contribution is -2.17. The molecule has 2 N–H and O–H groups in total. The summed E-state index contributed by atoms with van der Waals surface area (Å²) in [6.45, 7) is 6.80. The molecule has 15 heavy (non-hydrogen) atoms. The van der Waals surface area contributed by atoms with Crippen LogP contribution in [0.15, 0.2) is 0 Å². The second-order valence-corrected chi connectivity index (χ2v) is 4.33. The van der Waals surface area contributed by atoms with Crippen LogP contribution in [-0.4, -0.2) is 6.16 Å². The molecule has 0 aromatic heterocycles. The summed E-state index contributed by atoms with van der Waals surface area (Å²) in [5.41, 5.74) is 11.5. The lowest BCUT2D eigenvalue weighted by molar-refractivity contribution is 0.227. The molecular weight excluding hydrogens is 209 g/mol. The summed E-state index contributed by atoms with van der Waals surface area (Å²) in [5.74, 6) is 0. The second-order valence-electron chi connectivity index (χ2n) is 3.63. The third-order valence-electron chi connectivity index (χ3n) is 3.21. The first kappa shape index (κ1) is 16.8. The minimum Gasteiger partial charge on any atom is -0.275 e. The molecule has 0 fully saturated rings. The second kappa shape index (κ2) is 11.5. The molecule has 0 heterocycles. The van der Waals surface area contributed by atoms with Gasteiger partial charge in [0.1, 0.15) is 11.1 Å². The lowest BCUT2D eigenvalue weighted by Gasteiger charge is -2.30. The van der Waals surface area contributed by atoms with Gasteiger partial charge in [0, 0.05) is 6.16 Å². The SMILES string of the molecule is CCC(CC)(CC)CCCP=O.N=[N+]=N. The number of hydrogen-bond donors (Lipinski definition) is 2. The van der Waals surface area contributed by atoms with Gasteiger partial charge in [-0.3, -0.25) is 4.57 Å². The summed E-state index contributed by atoms with van der Waals surface area (Å²) in [6.07, 6.45) is 6.97. The summed E-state index contributed by atoms with van der Waals surface area (Å²) >= 11 is 0. The van der Waals surface area contributed by atoms with E-state index in [4.69, 9.17) is 11.1 Å². The van der Waals surface area contributed by atoms with E-state index in [0.29, 0.717) is 13.9 Å². The molecule has 0 aromatic carbocycles. The highest BCUT2D eigenvalue weighted by molar-refractivity contribution is 7.23. The molecule has 0 amide bonds. The average Bonchev–Trinajstić information content (AvgIpc) is 2.27. The number of rotatable bonds is 7. The van der Waals surface area contributed by atoms with Gasteiger partial charge in [-0.05, 0) is 18.3 Å². The highest BCUT2D eigenvalue weighted by Gasteiger charge is 2.22. The van der Waals surface area contributed by atoms with Gasteiger partial charge in [0.15, 0.2) is 8.46 Å². The molecule has 5 heteroatoms. The van der Waals surface area contributed by atoms with Crippen LogP contribution in [0.25, 0.3) is 0 Å². The first-order valence-electron chi connectivity index (χ1n) is 5.48. The standard InChI is InChI=1S/C10H21OP.H2N3/c1-4-10(5-2,6-3)8-7-9-12-11;1-3-2/h4-9H2,1-3H3;1-2H/q;+1. The molecule has 0 radical (unpaired) electrons. The zero-order valence-corrected chi connectivity index (χ0v) is 10.9. The van der Waals surface area contributed by atoms with Crippen LogP contribution in [0.2, 0.25) is 0 Å². The van der Waals surface area contributed by atoms with E-state index in [0.717, 1.165) is 12.6 Å². The zero-order valence-electron chi connectivity index (χ0n) is 10.0. The first-order chi connectivity index (χ1) is 7.16. The maximum atomic E-state index is 10.3. The fourth-order valence-corrected chi connectivity index (χ4v) is 2.09. The highest BCUT2D eigenvalue weighted by atomic mass is 31.1. The summed E-state index contributed by atoms with van der Waals surface area (Å²) in [4.78, 5) is 2.00. The minimum atomic E-state index is 0.311. The molecule has 0 aliphatic carbocycles. The fraction of sp³-hybridized carbons (Fsp3) is 1.00. The Morgan fingerprint density at radius 1 is 1.13 bits per heavy atom. The Morgan fingerprint density at radius 3 is 1.80 bits per heavy atom. The Bertz CT molecular complexity index is 179. The van der Waals surface area contributed by atoms with Crippen molar-refractivity contribution in [1.82, 2.24) is 4.91 Å². The van der Waals surface area contributed by atoms with Gasteiger partial charge in [-0.2, -0.15) is 0 Å². The number of hydrogen-bond acceptors (Lipinski definition) is 3. The fourth-order valence-electron chi connectivity index (χ4n) is 1.80. The van der Waals surface area contributed by atoms with Gasteiger partial charge in [0.25, 0.3) is 0 Å². The summed E-state index contributed by atoms with van der Waals surface area (Å²) in [6, 6.07) is 0. The van der Waals surface area contributed by atoms with Gasteiger partial charge in [-0.25, -0.2) is 0 Å². The lowest BCUT2D eigenvalue weighted by atomic mass is 9.76. The Balaban J connectivity index is 0. The molecule has 0 spiro atoms. The van der Waals surface area contributed by atoms with Gasteiger partial charge in [-0.1, -0.05) is 40.0 Å². The van der Waals surface area contributed by atoms with Crippen LogP contribution >= 0.6 is 8.46 Å². The molecule has 0 unspecified atom stereocenters. The van der Waals surface area contributed by atoms with E-state index < -0.39 is 0 Å². The van der Waals surface area contributed by atoms with Crippen molar-refractivity contribution >= 4 is 8.46 Å². The molecular formula is C10H23N3OP+. The van der Waals surface area contributed by atoms with E-state index in [-0.39, 0.29) is 0 Å². The van der Waals surface area contributed by atoms with Crippen molar-refractivity contribution in [3.63, 3.8) is 0 Å². The highest BCUT2D eigenvalue weighted by Crippen LogP contribution is 2.35. The smallest absolute Gasteiger partial charge is 0.211 e. The van der Waals surface area contributed by atoms with Crippen molar-refractivity contribution in [2.75, 3.05) is 6.16 Å². The molecule has 0 aliphatic rings. The van der Waals surface area contributed by atoms with Crippen molar-refractivity contribution in [2.24, 2.45) is 5.41 Å². The van der Waals surface area contributed by atoms with Crippen LogP contribution < -0.4 is 4.91 Å². The molecule has 0 bridgehead atoms. The maximum absolute atomic E-state index is 10.3. The van der Waals surface area contributed by atoms with Crippen LogP contribution in [0.4, 0.5) is 0 Å². The van der Waals surface area contributed by atoms with Gasteiger partial charge in [-0.15, -0.1) is 0 Å². The Kier molecular flexibility index (Phi) is 12.9. The van der Waals surface area contributed by atoms with Crippen LogP contribution in [-0.2, 0) is 4.57 Å². The van der Waals surface area contributed by atoms with E-state index >= 15 is 0 Å². The molecule has 88 valence electrons. The third-order valence-corrected chi connectivity index (χ3v) is 3.71. The first-order valence-corrected chi connectivity index (χ1v) is 6.48. The van der Waals surface area contributed by atoms with E-state index in [1.807, 2.05) is 4.91 Å². The van der Waals surface area contributed by atoms with E-state index in [1.165, 1.54) is 25.7 Å². The van der Waals surface area contributed by atoms with Gasteiger partial charge in [0.05, 0.1) is 0 Å².